The van der Waals surface area contributed by atoms with Crippen molar-refractivity contribution in [1.82, 2.24) is 10.3 Å². The Morgan fingerprint density at radius 3 is 2.78 bits per heavy atom. The molecule has 1 aromatic rings. The molecule has 0 saturated carbocycles. The Bertz CT molecular complexity index is 339. The van der Waals surface area contributed by atoms with Crippen molar-refractivity contribution in [1.29, 1.82) is 0 Å². The van der Waals surface area contributed by atoms with Crippen LogP contribution < -0.4 is 5.32 Å². The molecule has 18 heavy (non-hydrogen) atoms. The molecule has 0 bridgehead atoms. The van der Waals surface area contributed by atoms with E-state index in [0.717, 1.165) is 18.2 Å². The van der Waals surface area contributed by atoms with E-state index in [1.807, 2.05) is 24.0 Å². The number of hydrogen-bond acceptors (Lipinski definition) is 3. The Labute approximate surface area is 116 Å². The van der Waals surface area contributed by atoms with E-state index in [2.05, 4.69) is 44.1 Å². The third-order valence-corrected chi connectivity index (χ3v) is 3.96. The van der Waals surface area contributed by atoms with Crippen molar-refractivity contribution in [2.75, 3.05) is 12.3 Å². The van der Waals surface area contributed by atoms with Gasteiger partial charge in [-0.3, -0.25) is 0 Å². The van der Waals surface area contributed by atoms with E-state index in [0.29, 0.717) is 6.04 Å². The van der Waals surface area contributed by atoms with Crippen LogP contribution in [0, 0.1) is 5.92 Å². The van der Waals surface area contributed by atoms with Crippen LogP contribution in [-0.4, -0.2) is 17.3 Å². The van der Waals surface area contributed by atoms with E-state index in [9.17, 15) is 0 Å². The first-order valence-electron chi connectivity index (χ1n) is 6.96. The fraction of sp³-hybridized carbons (Fsp3) is 0.667. The molecule has 1 atom stereocenters. The Morgan fingerprint density at radius 2 is 2.11 bits per heavy atom. The van der Waals surface area contributed by atoms with Gasteiger partial charge in [0, 0.05) is 17.8 Å². The topological polar surface area (TPSA) is 24.9 Å². The van der Waals surface area contributed by atoms with Crippen molar-refractivity contribution in [2.24, 2.45) is 5.92 Å². The number of aromatic nitrogens is 1. The first-order chi connectivity index (χ1) is 8.65. The molecule has 0 amide bonds. The fourth-order valence-corrected chi connectivity index (χ4v) is 3.04. The molecule has 0 aliphatic rings. The summed E-state index contributed by atoms with van der Waals surface area (Å²) in [4.78, 5) is 4.53. The predicted molar refractivity (Wildman–Crippen MR) is 81.1 cm³/mol. The molecular formula is C15H26N2S. The van der Waals surface area contributed by atoms with Gasteiger partial charge in [0.05, 0.1) is 0 Å². The van der Waals surface area contributed by atoms with E-state index < -0.39 is 0 Å². The van der Waals surface area contributed by atoms with Gasteiger partial charge in [0.15, 0.2) is 0 Å². The molecule has 102 valence electrons. The number of pyridine rings is 1. The Kier molecular flexibility index (Phi) is 7.36. The van der Waals surface area contributed by atoms with Gasteiger partial charge in [-0.2, -0.15) is 0 Å². The SMILES string of the molecule is CCCNC(C)c1cccnc1SCCC(C)C. The highest BCUT2D eigenvalue weighted by atomic mass is 32.2. The Morgan fingerprint density at radius 1 is 1.33 bits per heavy atom. The van der Waals surface area contributed by atoms with E-state index in [1.165, 1.54) is 23.4 Å². The lowest BCUT2D eigenvalue weighted by atomic mass is 10.1. The van der Waals surface area contributed by atoms with E-state index in [1.54, 1.807) is 0 Å². The van der Waals surface area contributed by atoms with Crippen LogP contribution in [0.3, 0.4) is 0 Å². The second-order valence-corrected chi connectivity index (χ2v) is 6.19. The summed E-state index contributed by atoms with van der Waals surface area (Å²) in [5.41, 5.74) is 1.33. The van der Waals surface area contributed by atoms with Crippen LogP contribution in [0.1, 0.15) is 52.1 Å². The van der Waals surface area contributed by atoms with Crippen LogP contribution in [0.4, 0.5) is 0 Å². The molecule has 0 aliphatic carbocycles. The molecule has 1 unspecified atom stereocenters. The van der Waals surface area contributed by atoms with Crippen LogP contribution in [0.5, 0.6) is 0 Å². The zero-order valence-corrected chi connectivity index (χ0v) is 12.9. The summed E-state index contributed by atoms with van der Waals surface area (Å²) < 4.78 is 0. The highest BCUT2D eigenvalue weighted by Crippen LogP contribution is 2.26. The fourth-order valence-electron chi connectivity index (χ4n) is 1.72. The van der Waals surface area contributed by atoms with Crippen molar-refractivity contribution in [3.63, 3.8) is 0 Å². The van der Waals surface area contributed by atoms with Gasteiger partial charge in [-0.15, -0.1) is 11.8 Å². The lowest BCUT2D eigenvalue weighted by Crippen LogP contribution is -2.20. The molecule has 0 aliphatic heterocycles. The summed E-state index contributed by atoms with van der Waals surface area (Å²) in [6, 6.07) is 4.62. The average Bonchev–Trinajstić information content (AvgIpc) is 2.36. The molecule has 2 nitrogen and oxygen atoms in total. The molecule has 0 radical (unpaired) electrons. The van der Waals surface area contributed by atoms with Gasteiger partial charge in [-0.25, -0.2) is 4.98 Å². The maximum atomic E-state index is 4.53. The van der Waals surface area contributed by atoms with Crippen LogP contribution in [-0.2, 0) is 0 Å². The molecule has 0 fully saturated rings. The quantitative estimate of drug-likeness (QED) is 0.711. The third kappa shape index (κ3) is 5.40. The highest BCUT2D eigenvalue weighted by molar-refractivity contribution is 7.99. The lowest BCUT2D eigenvalue weighted by Gasteiger charge is -2.16. The van der Waals surface area contributed by atoms with E-state index in [4.69, 9.17) is 0 Å². The van der Waals surface area contributed by atoms with Gasteiger partial charge in [-0.05, 0) is 44.0 Å². The zero-order valence-electron chi connectivity index (χ0n) is 12.1. The van der Waals surface area contributed by atoms with Gasteiger partial charge in [0.1, 0.15) is 5.03 Å². The average molecular weight is 266 g/mol. The van der Waals surface area contributed by atoms with Crippen LogP contribution in [0.2, 0.25) is 0 Å². The van der Waals surface area contributed by atoms with E-state index >= 15 is 0 Å². The number of rotatable bonds is 8. The van der Waals surface area contributed by atoms with Crippen LogP contribution >= 0.6 is 11.8 Å². The normalized spacial score (nSPS) is 12.9. The molecule has 0 saturated heterocycles. The molecule has 1 heterocycles. The molecule has 1 N–H and O–H groups in total. The third-order valence-electron chi connectivity index (χ3n) is 2.90. The second kappa shape index (κ2) is 8.54. The first-order valence-corrected chi connectivity index (χ1v) is 7.94. The smallest absolute Gasteiger partial charge is 0.101 e. The summed E-state index contributed by atoms with van der Waals surface area (Å²) in [7, 11) is 0. The minimum atomic E-state index is 0.389. The van der Waals surface area contributed by atoms with E-state index in [-0.39, 0.29) is 0 Å². The van der Waals surface area contributed by atoms with Crippen molar-refractivity contribution >= 4 is 11.8 Å². The van der Waals surface area contributed by atoms with Crippen molar-refractivity contribution in [3.8, 4) is 0 Å². The predicted octanol–water partition coefficient (Wildman–Crippen LogP) is 4.28. The molecule has 0 spiro atoms. The monoisotopic (exact) mass is 266 g/mol. The van der Waals surface area contributed by atoms with Crippen LogP contribution in [0.15, 0.2) is 23.4 Å². The molecule has 3 heteroatoms. The Hall–Kier alpha value is -0.540. The minimum Gasteiger partial charge on any atom is -0.310 e. The summed E-state index contributed by atoms with van der Waals surface area (Å²) in [6.07, 6.45) is 4.31. The standard InChI is InChI=1S/C15H26N2S/c1-5-9-16-13(4)14-7-6-10-17-15(14)18-11-8-12(2)3/h6-7,10,12-13,16H,5,8-9,11H2,1-4H3. The van der Waals surface area contributed by atoms with Crippen LogP contribution in [0.25, 0.3) is 0 Å². The van der Waals surface area contributed by atoms with Gasteiger partial charge in [0.25, 0.3) is 0 Å². The van der Waals surface area contributed by atoms with Gasteiger partial charge >= 0.3 is 0 Å². The largest absolute Gasteiger partial charge is 0.310 e. The summed E-state index contributed by atoms with van der Waals surface area (Å²) >= 11 is 1.89. The maximum absolute atomic E-state index is 4.53. The summed E-state index contributed by atoms with van der Waals surface area (Å²) in [5.74, 6) is 1.92. The first kappa shape index (κ1) is 15.5. The van der Waals surface area contributed by atoms with Gasteiger partial charge < -0.3 is 5.32 Å². The summed E-state index contributed by atoms with van der Waals surface area (Å²) in [5, 5.41) is 4.72. The number of nitrogens with zero attached hydrogens (tertiary/aromatic N) is 1. The van der Waals surface area contributed by atoms with Crippen molar-refractivity contribution in [3.05, 3.63) is 23.9 Å². The maximum Gasteiger partial charge on any atom is 0.101 e. The second-order valence-electron chi connectivity index (χ2n) is 5.10. The molecule has 1 aromatic heterocycles. The van der Waals surface area contributed by atoms with Crippen molar-refractivity contribution in [2.45, 2.75) is 51.6 Å². The molecule has 1 rings (SSSR count). The highest BCUT2D eigenvalue weighted by Gasteiger charge is 2.11. The number of nitrogens with one attached hydrogen (secondary N) is 1. The molecule has 0 aromatic carbocycles. The lowest BCUT2D eigenvalue weighted by molar-refractivity contribution is 0.560. The Balaban J connectivity index is 2.60. The molecular weight excluding hydrogens is 240 g/mol. The van der Waals surface area contributed by atoms with Gasteiger partial charge in [0.2, 0.25) is 0 Å². The zero-order chi connectivity index (χ0) is 13.4. The van der Waals surface area contributed by atoms with Gasteiger partial charge in [-0.1, -0.05) is 26.8 Å². The van der Waals surface area contributed by atoms with Crippen molar-refractivity contribution < 1.29 is 0 Å². The number of hydrogen-bond donors (Lipinski definition) is 1. The minimum absolute atomic E-state index is 0.389. The summed E-state index contributed by atoms with van der Waals surface area (Å²) in [6.45, 7) is 10.0. The number of thioether (sulfide) groups is 1.